The van der Waals surface area contributed by atoms with Gasteiger partial charge in [0.2, 0.25) is 11.7 Å². The van der Waals surface area contributed by atoms with Crippen LogP contribution in [0, 0.1) is 0 Å². The van der Waals surface area contributed by atoms with Gasteiger partial charge in [-0.1, -0.05) is 65.3 Å². The molecule has 0 saturated carbocycles. The second kappa shape index (κ2) is 9.66. The number of carbonyl (C=O) groups is 2. The van der Waals surface area contributed by atoms with Gasteiger partial charge in [-0.15, -0.1) is 0 Å². The van der Waals surface area contributed by atoms with Gasteiger partial charge >= 0.3 is 5.97 Å². The van der Waals surface area contributed by atoms with E-state index in [9.17, 15) is 9.59 Å². The molecule has 8 heteroatoms. The van der Waals surface area contributed by atoms with E-state index in [1.165, 1.54) is 0 Å². The first-order valence-corrected chi connectivity index (χ1v) is 9.03. The second-order valence-corrected chi connectivity index (χ2v) is 6.31. The maximum atomic E-state index is 11.8. The number of benzene rings is 2. The summed E-state index contributed by atoms with van der Waals surface area (Å²) in [6, 6.07) is 16.6. The molecule has 0 fully saturated rings. The summed E-state index contributed by atoms with van der Waals surface area (Å²) in [7, 11) is 0. The summed E-state index contributed by atoms with van der Waals surface area (Å²) in [6.07, 6.45) is 0.272. The lowest BCUT2D eigenvalue weighted by Crippen LogP contribution is -2.28. The molecule has 0 aliphatic heterocycles. The molecule has 0 saturated heterocycles. The van der Waals surface area contributed by atoms with Gasteiger partial charge in [0.1, 0.15) is 0 Å². The normalized spacial score (nSPS) is 10.5. The van der Waals surface area contributed by atoms with Crippen LogP contribution in [0.25, 0.3) is 11.4 Å². The number of aryl methyl sites for hydroxylation is 1. The van der Waals surface area contributed by atoms with Gasteiger partial charge in [0.25, 0.3) is 5.91 Å². The van der Waals surface area contributed by atoms with E-state index < -0.39 is 11.9 Å². The molecule has 3 aromatic rings. The summed E-state index contributed by atoms with van der Waals surface area (Å²) in [6.45, 7) is -0.0946. The molecular weight excluding hydrogens is 382 g/mol. The Kier molecular flexibility index (Phi) is 6.75. The van der Waals surface area contributed by atoms with Gasteiger partial charge in [-0.05, 0) is 11.6 Å². The lowest BCUT2D eigenvalue weighted by Gasteiger charge is -2.07. The summed E-state index contributed by atoms with van der Waals surface area (Å²) in [5.74, 6) is -0.133. The maximum Gasteiger partial charge on any atom is 0.306 e. The first-order valence-electron chi connectivity index (χ1n) is 8.65. The van der Waals surface area contributed by atoms with Crippen molar-refractivity contribution in [3.63, 3.8) is 0 Å². The molecule has 0 aliphatic rings. The van der Waals surface area contributed by atoms with Crippen molar-refractivity contribution in [2.75, 3.05) is 6.61 Å². The molecular formula is C20H18ClN3O4. The Bertz CT molecular complexity index is 943. The highest BCUT2D eigenvalue weighted by Gasteiger charge is 2.12. The van der Waals surface area contributed by atoms with Crippen LogP contribution < -0.4 is 5.32 Å². The number of nitrogens with zero attached hydrogens (tertiary/aromatic N) is 2. The van der Waals surface area contributed by atoms with Gasteiger partial charge in [0.05, 0.1) is 6.42 Å². The minimum absolute atomic E-state index is 0.0359. The number of aromatic nitrogens is 2. The first-order chi connectivity index (χ1) is 13.6. The molecule has 28 heavy (non-hydrogen) atoms. The zero-order valence-corrected chi connectivity index (χ0v) is 15.7. The summed E-state index contributed by atoms with van der Waals surface area (Å²) < 4.78 is 10.1. The number of esters is 1. The van der Waals surface area contributed by atoms with Crippen LogP contribution >= 0.6 is 11.6 Å². The Morgan fingerprint density at radius 2 is 1.82 bits per heavy atom. The number of rotatable bonds is 8. The van der Waals surface area contributed by atoms with E-state index in [4.69, 9.17) is 20.9 Å². The van der Waals surface area contributed by atoms with Crippen LogP contribution in [-0.2, 0) is 27.3 Å². The molecule has 144 valence electrons. The van der Waals surface area contributed by atoms with E-state index in [0.717, 1.165) is 11.1 Å². The number of amides is 1. The predicted molar refractivity (Wildman–Crippen MR) is 102 cm³/mol. The molecule has 0 atom stereocenters. The third-order valence-electron chi connectivity index (χ3n) is 3.84. The van der Waals surface area contributed by atoms with E-state index >= 15 is 0 Å². The van der Waals surface area contributed by atoms with Crippen molar-refractivity contribution in [2.24, 2.45) is 0 Å². The lowest BCUT2D eigenvalue weighted by molar-refractivity contribution is -0.148. The number of nitrogens with one attached hydrogen (secondary N) is 1. The van der Waals surface area contributed by atoms with Crippen molar-refractivity contribution < 1.29 is 18.8 Å². The predicted octanol–water partition coefficient (Wildman–Crippen LogP) is 3.18. The fourth-order valence-electron chi connectivity index (χ4n) is 2.37. The highest BCUT2D eigenvalue weighted by atomic mass is 35.5. The minimum atomic E-state index is -0.521. The van der Waals surface area contributed by atoms with Crippen molar-refractivity contribution in [3.05, 3.63) is 71.1 Å². The molecule has 1 amide bonds. The molecule has 1 aromatic heterocycles. The highest BCUT2D eigenvalue weighted by Crippen LogP contribution is 2.16. The Morgan fingerprint density at radius 1 is 1.07 bits per heavy atom. The quantitative estimate of drug-likeness (QED) is 0.584. The van der Waals surface area contributed by atoms with Gasteiger partial charge in [0, 0.05) is 23.6 Å². The average molecular weight is 400 g/mol. The van der Waals surface area contributed by atoms with E-state index in [2.05, 4.69) is 15.5 Å². The zero-order valence-electron chi connectivity index (χ0n) is 14.9. The van der Waals surface area contributed by atoms with E-state index in [-0.39, 0.29) is 26.0 Å². The fourth-order valence-corrected chi connectivity index (χ4v) is 2.58. The summed E-state index contributed by atoms with van der Waals surface area (Å²) in [5.41, 5.74) is 1.62. The van der Waals surface area contributed by atoms with Gasteiger partial charge in [0.15, 0.2) is 6.61 Å². The molecule has 0 radical (unpaired) electrons. The van der Waals surface area contributed by atoms with Crippen LogP contribution in [0.4, 0.5) is 0 Å². The summed E-state index contributed by atoms with van der Waals surface area (Å²) in [5, 5.41) is 7.10. The van der Waals surface area contributed by atoms with Crippen molar-refractivity contribution in [2.45, 2.75) is 19.4 Å². The Balaban J connectivity index is 1.38. The number of carbonyl (C=O) groups excluding carboxylic acids is 2. The molecule has 0 bridgehead atoms. The smallest absolute Gasteiger partial charge is 0.306 e. The second-order valence-electron chi connectivity index (χ2n) is 5.91. The first kappa shape index (κ1) is 19.6. The average Bonchev–Trinajstić information content (AvgIpc) is 3.20. The van der Waals surface area contributed by atoms with Crippen LogP contribution in [0.3, 0.4) is 0 Å². The third-order valence-corrected chi connectivity index (χ3v) is 4.21. The molecule has 0 aliphatic carbocycles. The largest absolute Gasteiger partial charge is 0.456 e. The zero-order chi connectivity index (χ0) is 19.8. The Hall–Kier alpha value is -3.19. The molecule has 1 N–H and O–H groups in total. The number of halogens is 1. The van der Waals surface area contributed by atoms with E-state index in [1.54, 1.807) is 6.07 Å². The van der Waals surface area contributed by atoms with Crippen molar-refractivity contribution >= 4 is 23.5 Å². The van der Waals surface area contributed by atoms with Crippen LogP contribution in [0.1, 0.15) is 17.9 Å². The SMILES string of the molecule is O=C(COC(=O)CCc1nc(-c2ccccc2)no1)NCc1ccccc1Cl. The van der Waals surface area contributed by atoms with Crippen LogP contribution in [0.5, 0.6) is 0 Å². The molecule has 1 heterocycles. The van der Waals surface area contributed by atoms with Gasteiger partial charge in [-0.25, -0.2) is 0 Å². The number of hydrogen-bond donors (Lipinski definition) is 1. The maximum absolute atomic E-state index is 11.8. The summed E-state index contributed by atoms with van der Waals surface area (Å²) in [4.78, 5) is 27.8. The molecule has 3 rings (SSSR count). The molecule has 0 unspecified atom stereocenters. The number of hydrogen-bond acceptors (Lipinski definition) is 6. The van der Waals surface area contributed by atoms with Crippen LogP contribution in [0.2, 0.25) is 5.02 Å². The Morgan fingerprint density at radius 3 is 2.61 bits per heavy atom. The third kappa shape index (κ3) is 5.65. The van der Waals surface area contributed by atoms with Crippen LogP contribution in [0.15, 0.2) is 59.1 Å². The highest BCUT2D eigenvalue weighted by molar-refractivity contribution is 6.31. The van der Waals surface area contributed by atoms with Crippen molar-refractivity contribution in [3.8, 4) is 11.4 Å². The van der Waals surface area contributed by atoms with Gasteiger partial charge in [-0.2, -0.15) is 4.98 Å². The fraction of sp³-hybridized carbons (Fsp3) is 0.200. The topological polar surface area (TPSA) is 94.3 Å². The van der Waals surface area contributed by atoms with Gasteiger partial charge in [-0.3, -0.25) is 9.59 Å². The molecule has 7 nitrogen and oxygen atoms in total. The van der Waals surface area contributed by atoms with Crippen LogP contribution in [-0.4, -0.2) is 28.6 Å². The molecule has 0 spiro atoms. The Labute approximate surface area is 166 Å². The molecule has 2 aromatic carbocycles. The monoisotopic (exact) mass is 399 g/mol. The minimum Gasteiger partial charge on any atom is -0.456 e. The summed E-state index contributed by atoms with van der Waals surface area (Å²) >= 11 is 6.02. The lowest BCUT2D eigenvalue weighted by atomic mass is 10.2. The van der Waals surface area contributed by atoms with Crippen molar-refractivity contribution in [1.82, 2.24) is 15.5 Å². The van der Waals surface area contributed by atoms with Crippen molar-refractivity contribution in [1.29, 1.82) is 0 Å². The number of ether oxygens (including phenoxy) is 1. The van der Waals surface area contributed by atoms with E-state index in [0.29, 0.717) is 16.7 Å². The van der Waals surface area contributed by atoms with Gasteiger partial charge < -0.3 is 14.6 Å². The van der Waals surface area contributed by atoms with E-state index in [1.807, 2.05) is 48.5 Å². The standard InChI is InChI=1S/C20H18ClN3O4/c21-16-9-5-4-8-15(16)12-22-17(25)13-27-19(26)11-10-18-23-20(24-28-18)14-6-2-1-3-7-14/h1-9H,10-13H2,(H,22,25).